The van der Waals surface area contributed by atoms with E-state index in [-0.39, 0.29) is 17.7 Å². The van der Waals surface area contributed by atoms with Gasteiger partial charge >= 0.3 is 0 Å². The molecule has 0 fully saturated rings. The minimum absolute atomic E-state index is 0.0524. The molecule has 1 N–H and O–H groups in total. The van der Waals surface area contributed by atoms with Gasteiger partial charge in [-0.15, -0.1) is 11.3 Å². The summed E-state index contributed by atoms with van der Waals surface area (Å²) in [5.41, 5.74) is 1.19. The quantitative estimate of drug-likeness (QED) is 0.906. The number of carbonyl (C=O) groups excluding carboxylic acids is 2. The van der Waals surface area contributed by atoms with Gasteiger partial charge in [0.1, 0.15) is 0 Å². The van der Waals surface area contributed by atoms with Crippen LogP contribution < -0.4 is 5.32 Å². The average molecular weight is 322 g/mol. The van der Waals surface area contributed by atoms with E-state index in [0.29, 0.717) is 5.92 Å². The Hall–Kier alpha value is -1.36. The molecule has 122 valence electrons. The molecule has 2 amide bonds. The van der Waals surface area contributed by atoms with Gasteiger partial charge < -0.3 is 10.2 Å². The number of hydrogen-bond donors (Lipinski definition) is 1. The number of hydrogen-bond acceptors (Lipinski definition) is 3. The van der Waals surface area contributed by atoms with Gasteiger partial charge in [0, 0.05) is 31.4 Å². The highest BCUT2D eigenvalue weighted by atomic mass is 32.1. The van der Waals surface area contributed by atoms with Crippen LogP contribution >= 0.6 is 11.3 Å². The van der Waals surface area contributed by atoms with Gasteiger partial charge in [-0.3, -0.25) is 9.59 Å². The van der Waals surface area contributed by atoms with Crippen molar-refractivity contribution < 1.29 is 9.59 Å². The maximum absolute atomic E-state index is 12.3. The molecule has 0 radical (unpaired) electrons. The van der Waals surface area contributed by atoms with E-state index in [9.17, 15) is 9.59 Å². The maximum atomic E-state index is 12.3. The predicted molar refractivity (Wildman–Crippen MR) is 90.3 cm³/mol. The van der Waals surface area contributed by atoms with Crippen LogP contribution in [0.25, 0.3) is 0 Å². The summed E-state index contributed by atoms with van der Waals surface area (Å²) in [6.45, 7) is 5.08. The van der Waals surface area contributed by atoms with Gasteiger partial charge in [-0.05, 0) is 43.2 Å². The Balaban J connectivity index is 1.96. The average Bonchev–Trinajstić information content (AvgIpc) is 2.88. The first-order chi connectivity index (χ1) is 10.4. The fraction of sp³-hybridized carbons (Fsp3) is 0.647. The van der Waals surface area contributed by atoms with E-state index in [2.05, 4.69) is 19.2 Å². The number of aryl methyl sites for hydroxylation is 1. The molecule has 0 spiro atoms. The number of amides is 2. The van der Waals surface area contributed by atoms with Gasteiger partial charge in [0.05, 0.1) is 4.88 Å². The van der Waals surface area contributed by atoms with Crippen LogP contribution in [0.5, 0.6) is 0 Å². The third-order valence-electron chi connectivity index (χ3n) is 4.09. The highest BCUT2D eigenvalue weighted by Crippen LogP contribution is 2.32. The second-order valence-electron chi connectivity index (χ2n) is 6.67. The molecule has 0 aromatic carbocycles. The molecule has 5 heteroatoms. The van der Waals surface area contributed by atoms with Crippen molar-refractivity contribution in [2.45, 2.75) is 39.5 Å². The van der Waals surface area contributed by atoms with Crippen molar-refractivity contribution in [3.63, 3.8) is 0 Å². The fourth-order valence-corrected chi connectivity index (χ4v) is 3.93. The molecule has 0 saturated heterocycles. The van der Waals surface area contributed by atoms with Gasteiger partial charge in [0.25, 0.3) is 5.91 Å². The van der Waals surface area contributed by atoms with E-state index in [0.717, 1.165) is 37.1 Å². The first kappa shape index (κ1) is 17.0. The Kier molecular flexibility index (Phi) is 5.62. The Morgan fingerprint density at radius 2 is 2.14 bits per heavy atom. The third kappa shape index (κ3) is 4.09. The standard InChI is InChI=1S/C17H26N2O2S/c1-11(2)7-8-18-16(20)12-5-6-14-13(9-12)10-15(22-14)17(21)19(3)4/h10-12H,5-9H2,1-4H3,(H,18,20)/t12-/m0/s1. The fourth-order valence-electron chi connectivity index (χ4n) is 2.70. The number of nitrogens with one attached hydrogen (secondary N) is 1. The molecular weight excluding hydrogens is 296 g/mol. The van der Waals surface area contributed by atoms with E-state index in [4.69, 9.17) is 0 Å². The van der Waals surface area contributed by atoms with Crippen molar-refractivity contribution in [2.75, 3.05) is 20.6 Å². The van der Waals surface area contributed by atoms with E-state index in [1.807, 2.05) is 6.07 Å². The number of rotatable bonds is 5. The van der Waals surface area contributed by atoms with Gasteiger partial charge in [0.2, 0.25) is 5.91 Å². The van der Waals surface area contributed by atoms with Crippen molar-refractivity contribution in [1.29, 1.82) is 0 Å². The van der Waals surface area contributed by atoms with Crippen LogP contribution in [0.2, 0.25) is 0 Å². The van der Waals surface area contributed by atoms with Gasteiger partial charge in [0.15, 0.2) is 0 Å². The Bertz CT molecular complexity index is 549. The Morgan fingerprint density at radius 3 is 2.77 bits per heavy atom. The van der Waals surface area contributed by atoms with Crippen LogP contribution in [0.15, 0.2) is 6.07 Å². The monoisotopic (exact) mass is 322 g/mol. The van der Waals surface area contributed by atoms with Gasteiger partial charge in [-0.25, -0.2) is 0 Å². The summed E-state index contributed by atoms with van der Waals surface area (Å²) in [7, 11) is 3.54. The lowest BCUT2D eigenvalue weighted by Crippen LogP contribution is -2.34. The minimum Gasteiger partial charge on any atom is -0.356 e. The van der Waals surface area contributed by atoms with Crippen molar-refractivity contribution in [1.82, 2.24) is 10.2 Å². The molecule has 0 aliphatic heterocycles. The van der Waals surface area contributed by atoms with Crippen LogP contribution in [0.1, 0.15) is 46.8 Å². The van der Waals surface area contributed by atoms with Crippen LogP contribution in [0.3, 0.4) is 0 Å². The van der Waals surface area contributed by atoms with Crippen molar-refractivity contribution >= 4 is 23.2 Å². The second kappa shape index (κ2) is 7.27. The zero-order chi connectivity index (χ0) is 16.3. The summed E-state index contributed by atoms with van der Waals surface area (Å²) in [6.07, 6.45) is 3.57. The van der Waals surface area contributed by atoms with Crippen LogP contribution in [0, 0.1) is 11.8 Å². The normalized spacial score (nSPS) is 17.2. The topological polar surface area (TPSA) is 49.4 Å². The molecule has 4 nitrogen and oxygen atoms in total. The highest BCUT2D eigenvalue weighted by Gasteiger charge is 2.27. The predicted octanol–water partition coefficient (Wildman–Crippen LogP) is 2.72. The summed E-state index contributed by atoms with van der Waals surface area (Å²) in [4.78, 5) is 28.0. The van der Waals surface area contributed by atoms with Crippen molar-refractivity contribution in [2.24, 2.45) is 11.8 Å². The Labute approximate surface area is 136 Å². The summed E-state index contributed by atoms with van der Waals surface area (Å²) in [5.74, 6) is 0.877. The maximum Gasteiger partial charge on any atom is 0.263 e. The largest absolute Gasteiger partial charge is 0.356 e. The summed E-state index contributed by atoms with van der Waals surface area (Å²) in [5, 5.41) is 3.05. The molecule has 1 aliphatic carbocycles. The molecule has 1 aromatic rings. The Morgan fingerprint density at radius 1 is 1.41 bits per heavy atom. The van der Waals surface area contributed by atoms with E-state index in [1.54, 1.807) is 30.3 Å². The van der Waals surface area contributed by atoms with Crippen molar-refractivity contribution in [3.05, 3.63) is 21.4 Å². The number of nitrogens with zero attached hydrogens (tertiary/aromatic N) is 1. The molecule has 1 atom stereocenters. The summed E-state index contributed by atoms with van der Waals surface area (Å²) in [6, 6.07) is 1.98. The molecule has 1 heterocycles. The first-order valence-corrected chi connectivity index (χ1v) is 8.81. The van der Waals surface area contributed by atoms with Crippen LogP contribution in [-0.4, -0.2) is 37.4 Å². The molecule has 0 bridgehead atoms. The zero-order valence-corrected chi connectivity index (χ0v) is 14.8. The minimum atomic E-state index is 0.0524. The molecule has 0 saturated carbocycles. The van der Waals surface area contributed by atoms with Gasteiger partial charge in [-0.1, -0.05) is 13.8 Å². The molecule has 1 aliphatic rings. The lowest BCUT2D eigenvalue weighted by Gasteiger charge is -2.21. The molecule has 2 rings (SSSR count). The van der Waals surface area contributed by atoms with Crippen molar-refractivity contribution in [3.8, 4) is 0 Å². The number of carbonyl (C=O) groups is 2. The number of fused-ring (bicyclic) bond motifs is 1. The summed E-state index contributed by atoms with van der Waals surface area (Å²) < 4.78 is 0. The zero-order valence-electron chi connectivity index (χ0n) is 13.9. The molecular formula is C17H26N2O2S. The summed E-state index contributed by atoms with van der Waals surface area (Å²) >= 11 is 1.58. The van der Waals surface area contributed by atoms with E-state index in [1.165, 1.54) is 10.4 Å². The first-order valence-electron chi connectivity index (χ1n) is 7.99. The molecule has 22 heavy (non-hydrogen) atoms. The van der Waals surface area contributed by atoms with Gasteiger partial charge in [-0.2, -0.15) is 0 Å². The molecule has 1 aromatic heterocycles. The second-order valence-corrected chi connectivity index (χ2v) is 7.81. The van der Waals surface area contributed by atoms with E-state index < -0.39 is 0 Å². The number of thiophene rings is 1. The lowest BCUT2D eigenvalue weighted by molar-refractivity contribution is -0.125. The SMILES string of the molecule is CC(C)CCNC(=O)[C@H]1CCc2sc(C(=O)N(C)C)cc2C1. The lowest BCUT2D eigenvalue weighted by atomic mass is 9.87. The molecule has 0 unspecified atom stereocenters. The smallest absolute Gasteiger partial charge is 0.263 e. The highest BCUT2D eigenvalue weighted by molar-refractivity contribution is 7.14. The van der Waals surface area contributed by atoms with Crippen LogP contribution in [-0.2, 0) is 17.6 Å². The van der Waals surface area contributed by atoms with Crippen LogP contribution in [0.4, 0.5) is 0 Å². The van der Waals surface area contributed by atoms with E-state index >= 15 is 0 Å². The third-order valence-corrected chi connectivity index (χ3v) is 5.32.